The summed E-state index contributed by atoms with van der Waals surface area (Å²) in [6.45, 7) is 1.16. The first-order valence-electron chi connectivity index (χ1n) is 4.90. The molecular weight excluding hydrogens is 218 g/mol. The summed E-state index contributed by atoms with van der Waals surface area (Å²) in [4.78, 5) is 13.2. The van der Waals surface area contributed by atoms with Gasteiger partial charge in [-0.15, -0.1) is 0 Å². The van der Waals surface area contributed by atoms with Crippen molar-refractivity contribution in [3.63, 3.8) is 0 Å². The van der Waals surface area contributed by atoms with Gasteiger partial charge in [0.2, 0.25) is 15.9 Å². The summed E-state index contributed by atoms with van der Waals surface area (Å²) in [5.74, 6) is -0.0204. The van der Waals surface area contributed by atoms with E-state index in [1.165, 1.54) is 0 Å². The highest BCUT2D eigenvalue weighted by atomic mass is 32.2. The molecule has 1 aliphatic rings. The fourth-order valence-corrected chi connectivity index (χ4v) is 2.22. The van der Waals surface area contributed by atoms with Crippen LogP contribution in [-0.4, -0.2) is 51.2 Å². The number of amides is 1. The smallest absolute Gasteiger partial charge is 0.239 e. The van der Waals surface area contributed by atoms with Gasteiger partial charge in [0, 0.05) is 13.1 Å². The molecule has 0 radical (unpaired) electrons. The van der Waals surface area contributed by atoms with E-state index in [4.69, 9.17) is 5.14 Å². The molecule has 1 aliphatic heterocycles. The normalized spacial score (nSPS) is 22.4. The van der Waals surface area contributed by atoms with E-state index in [0.717, 1.165) is 6.42 Å². The van der Waals surface area contributed by atoms with E-state index in [1.807, 2.05) is 0 Å². The number of hydrogen-bond acceptors (Lipinski definition) is 4. The van der Waals surface area contributed by atoms with Crippen molar-refractivity contribution < 1.29 is 13.2 Å². The van der Waals surface area contributed by atoms with E-state index in [-0.39, 0.29) is 17.7 Å². The third-order valence-electron chi connectivity index (χ3n) is 2.50. The summed E-state index contributed by atoms with van der Waals surface area (Å²) in [5.41, 5.74) is 0. The van der Waals surface area contributed by atoms with Crippen LogP contribution in [0.2, 0.25) is 0 Å². The molecular formula is C8H17N3O3S. The number of carbonyl (C=O) groups is 1. The number of rotatable bonds is 5. The van der Waals surface area contributed by atoms with Gasteiger partial charge in [0.05, 0.1) is 11.8 Å². The van der Waals surface area contributed by atoms with Crippen LogP contribution in [0, 0.1) is 0 Å². The number of sulfonamides is 1. The Labute approximate surface area is 89.9 Å². The highest BCUT2D eigenvalue weighted by molar-refractivity contribution is 7.89. The molecule has 1 atom stereocenters. The summed E-state index contributed by atoms with van der Waals surface area (Å²) in [6, 6.07) is -0.112. The van der Waals surface area contributed by atoms with Gasteiger partial charge in [-0.3, -0.25) is 4.79 Å². The molecule has 7 heteroatoms. The lowest BCUT2D eigenvalue weighted by Gasteiger charge is -2.15. The van der Waals surface area contributed by atoms with Gasteiger partial charge in [-0.1, -0.05) is 0 Å². The maximum atomic E-state index is 11.6. The zero-order valence-corrected chi connectivity index (χ0v) is 9.59. The highest BCUT2D eigenvalue weighted by Crippen LogP contribution is 2.10. The Hall–Kier alpha value is -0.660. The van der Waals surface area contributed by atoms with Gasteiger partial charge in [-0.2, -0.15) is 0 Å². The predicted octanol–water partition coefficient (Wildman–Crippen LogP) is -1.51. The van der Waals surface area contributed by atoms with Crippen LogP contribution in [0.1, 0.15) is 12.8 Å². The lowest BCUT2D eigenvalue weighted by Crippen LogP contribution is -2.37. The van der Waals surface area contributed by atoms with Gasteiger partial charge < -0.3 is 10.2 Å². The van der Waals surface area contributed by atoms with Crippen LogP contribution in [0.4, 0.5) is 0 Å². The average Bonchev–Trinajstić information content (AvgIpc) is 2.46. The maximum Gasteiger partial charge on any atom is 0.239 e. The summed E-state index contributed by atoms with van der Waals surface area (Å²) < 4.78 is 21.3. The molecule has 15 heavy (non-hydrogen) atoms. The van der Waals surface area contributed by atoms with Crippen molar-refractivity contribution in [2.45, 2.75) is 18.9 Å². The van der Waals surface area contributed by atoms with E-state index < -0.39 is 10.0 Å². The minimum absolute atomic E-state index is 0.0481. The van der Waals surface area contributed by atoms with Gasteiger partial charge in [-0.25, -0.2) is 13.6 Å². The molecule has 0 aliphatic carbocycles. The number of hydrogen-bond donors (Lipinski definition) is 2. The van der Waals surface area contributed by atoms with Crippen LogP contribution in [0.5, 0.6) is 0 Å². The Kier molecular flexibility index (Phi) is 4.06. The molecule has 1 amide bonds. The number of likely N-dealkylation sites (tertiary alicyclic amines) is 1. The van der Waals surface area contributed by atoms with Crippen molar-refractivity contribution >= 4 is 15.9 Å². The van der Waals surface area contributed by atoms with Crippen LogP contribution in [0.3, 0.4) is 0 Å². The molecule has 0 saturated carbocycles. The fraction of sp³-hybridized carbons (Fsp3) is 0.875. The van der Waals surface area contributed by atoms with Crippen molar-refractivity contribution in [2.24, 2.45) is 5.14 Å². The summed E-state index contributed by atoms with van der Waals surface area (Å²) in [5, 5.41) is 7.78. The Morgan fingerprint density at radius 1 is 1.60 bits per heavy atom. The Bertz CT molecular complexity index is 328. The fourth-order valence-electron chi connectivity index (χ4n) is 1.69. The SMILES string of the molecule is CNC1CCN(CCCS(N)(=O)=O)C1=O. The number of nitrogens with zero attached hydrogens (tertiary/aromatic N) is 1. The molecule has 1 saturated heterocycles. The van der Waals surface area contributed by atoms with Crippen molar-refractivity contribution in [1.29, 1.82) is 0 Å². The van der Waals surface area contributed by atoms with Gasteiger partial charge in [0.1, 0.15) is 0 Å². The first kappa shape index (κ1) is 12.4. The topological polar surface area (TPSA) is 92.5 Å². The molecule has 0 bridgehead atoms. The zero-order valence-electron chi connectivity index (χ0n) is 8.77. The van der Waals surface area contributed by atoms with E-state index >= 15 is 0 Å². The second kappa shape index (κ2) is 4.91. The predicted molar refractivity (Wildman–Crippen MR) is 56.6 cm³/mol. The standard InChI is InChI=1S/C8H17N3O3S/c1-10-7-3-5-11(8(7)12)4-2-6-15(9,13)14/h7,10H,2-6H2,1H3,(H2,9,13,14). The van der Waals surface area contributed by atoms with Crippen molar-refractivity contribution in [3.05, 3.63) is 0 Å². The van der Waals surface area contributed by atoms with Gasteiger partial charge in [0.15, 0.2) is 0 Å². The van der Waals surface area contributed by atoms with Gasteiger partial charge in [0.25, 0.3) is 0 Å². The molecule has 1 unspecified atom stereocenters. The molecule has 1 rings (SSSR count). The number of primary sulfonamides is 1. The van der Waals surface area contributed by atoms with Crippen LogP contribution >= 0.6 is 0 Å². The summed E-state index contributed by atoms with van der Waals surface area (Å²) in [6.07, 6.45) is 1.19. The van der Waals surface area contributed by atoms with E-state index in [9.17, 15) is 13.2 Å². The molecule has 6 nitrogen and oxygen atoms in total. The number of carbonyl (C=O) groups excluding carboxylic acids is 1. The van der Waals surface area contributed by atoms with E-state index in [2.05, 4.69) is 5.32 Å². The van der Waals surface area contributed by atoms with Gasteiger partial charge in [-0.05, 0) is 19.9 Å². The molecule has 0 aromatic carbocycles. The Balaban J connectivity index is 2.32. The molecule has 88 valence electrons. The van der Waals surface area contributed by atoms with Gasteiger partial charge >= 0.3 is 0 Å². The summed E-state index contributed by atoms with van der Waals surface area (Å²) in [7, 11) is -1.66. The van der Waals surface area contributed by atoms with Crippen molar-refractivity contribution in [1.82, 2.24) is 10.2 Å². The largest absolute Gasteiger partial charge is 0.341 e. The minimum Gasteiger partial charge on any atom is -0.341 e. The first-order chi connectivity index (χ1) is 6.94. The summed E-state index contributed by atoms with van der Waals surface area (Å²) >= 11 is 0. The zero-order chi connectivity index (χ0) is 11.5. The maximum absolute atomic E-state index is 11.6. The third kappa shape index (κ3) is 3.77. The van der Waals surface area contributed by atoms with Crippen LogP contribution in [0.25, 0.3) is 0 Å². The van der Waals surface area contributed by atoms with Crippen molar-refractivity contribution in [2.75, 3.05) is 25.9 Å². The number of nitrogens with two attached hydrogens (primary N) is 1. The Morgan fingerprint density at radius 2 is 2.27 bits per heavy atom. The van der Waals surface area contributed by atoms with E-state index in [0.29, 0.717) is 19.5 Å². The number of nitrogens with one attached hydrogen (secondary N) is 1. The second-order valence-electron chi connectivity index (χ2n) is 3.68. The molecule has 0 spiro atoms. The van der Waals surface area contributed by atoms with Crippen LogP contribution in [0.15, 0.2) is 0 Å². The average molecular weight is 235 g/mol. The number of likely N-dealkylation sites (N-methyl/N-ethyl adjacent to an activating group) is 1. The van der Waals surface area contributed by atoms with Crippen LogP contribution in [-0.2, 0) is 14.8 Å². The molecule has 0 aromatic heterocycles. The minimum atomic E-state index is -3.41. The monoisotopic (exact) mass is 235 g/mol. The van der Waals surface area contributed by atoms with E-state index in [1.54, 1.807) is 11.9 Å². The van der Waals surface area contributed by atoms with Crippen LogP contribution < -0.4 is 10.5 Å². The second-order valence-corrected chi connectivity index (χ2v) is 5.41. The molecule has 3 N–H and O–H groups in total. The lowest BCUT2D eigenvalue weighted by atomic mass is 10.3. The lowest BCUT2D eigenvalue weighted by molar-refractivity contribution is -0.129. The first-order valence-corrected chi connectivity index (χ1v) is 6.62. The molecule has 0 aromatic rings. The molecule has 1 heterocycles. The van der Waals surface area contributed by atoms with Crippen molar-refractivity contribution in [3.8, 4) is 0 Å². The third-order valence-corrected chi connectivity index (χ3v) is 3.36. The Morgan fingerprint density at radius 3 is 2.73 bits per heavy atom. The molecule has 1 fully saturated rings. The quantitative estimate of drug-likeness (QED) is 0.605. The highest BCUT2D eigenvalue weighted by Gasteiger charge is 2.29.